The summed E-state index contributed by atoms with van der Waals surface area (Å²) in [4.78, 5) is 29.3. The summed E-state index contributed by atoms with van der Waals surface area (Å²) in [6.07, 6.45) is 2.53. The van der Waals surface area contributed by atoms with E-state index in [2.05, 4.69) is 10.3 Å². The van der Waals surface area contributed by atoms with Gasteiger partial charge < -0.3 is 15.0 Å². The molecule has 1 heterocycles. The molecule has 0 aliphatic heterocycles. The van der Waals surface area contributed by atoms with Crippen molar-refractivity contribution in [3.8, 4) is 0 Å². The molecule has 1 aromatic rings. The molecule has 0 aromatic carbocycles. The molecule has 1 amide bonds. The third-order valence-electron chi connectivity index (χ3n) is 2.35. The fourth-order valence-corrected chi connectivity index (χ4v) is 1.39. The highest BCUT2D eigenvalue weighted by atomic mass is 16.6. The molecule has 0 spiro atoms. The first kappa shape index (κ1) is 15.9. The van der Waals surface area contributed by atoms with Crippen molar-refractivity contribution in [2.45, 2.75) is 26.4 Å². The molecule has 0 aliphatic carbocycles. The fourth-order valence-electron chi connectivity index (χ4n) is 1.39. The Bertz CT molecular complexity index is 493. The predicted molar refractivity (Wildman–Crippen MR) is 77.1 cm³/mol. The van der Waals surface area contributed by atoms with Crippen LogP contribution in [0, 0.1) is 0 Å². The largest absolute Gasteiger partial charge is 0.444 e. The lowest BCUT2D eigenvalue weighted by molar-refractivity contribution is 0.0520. The second-order valence-electron chi connectivity index (χ2n) is 5.60. The lowest BCUT2D eigenvalue weighted by Crippen LogP contribution is -2.35. The van der Waals surface area contributed by atoms with E-state index in [-0.39, 0.29) is 12.3 Å². The molecule has 0 unspecified atom stereocenters. The molecule has 20 heavy (non-hydrogen) atoms. The summed E-state index contributed by atoms with van der Waals surface area (Å²) in [6, 6.07) is 1.73. The fraction of sp³-hybridized carbons (Fsp3) is 0.500. The van der Waals surface area contributed by atoms with Gasteiger partial charge in [-0.15, -0.1) is 0 Å². The maximum absolute atomic E-state index is 12.0. The summed E-state index contributed by atoms with van der Waals surface area (Å²) in [7, 11) is 3.73. The van der Waals surface area contributed by atoms with Crippen LogP contribution in [0.3, 0.4) is 0 Å². The van der Waals surface area contributed by atoms with E-state index in [1.807, 2.05) is 19.0 Å². The Morgan fingerprint density at radius 1 is 1.30 bits per heavy atom. The standard InChI is InChI=1S/C14H21N3O3/c1-14(2,3)20-13(19)16-9-12(18)10-6-11(17(4)5)8-15-7-10/h6-8H,9H2,1-5H3,(H,16,19). The summed E-state index contributed by atoms with van der Waals surface area (Å²) in [5.41, 5.74) is 0.694. The van der Waals surface area contributed by atoms with Gasteiger partial charge in [-0.2, -0.15) is 0 Å². The number of pyridine rings is 1. The van der Waals surface area contributed by atoms with Crippen LogP contribution in [0.1, 0.15) is 31.1 Å². The maximum Gasteiger partial charge on any atom is 0.408 e. The van der Waals surface area contributed by atoms with Crippen LogP contribution in [0.25, 0.3) is 0 Å². The quantitative estimate of drug-likeness (QED) is 0.852. The van der Waals surface area contributed by atoms with Crippen molar-refractivity contribution in [3.05, 3.63) is 24.0 Å². The molecule has 6 heteroatoms. The van der Waals surface area contributed by atoms with Crippen LogP contribution in [-0.2, 0) is 4.74 Å². The van der Waals surface area contributed by atoms with Gasteiger partial charge in [0.25, 0.3) is 0 Å². The van der Waals surface area contributed by atoms with Crippen LogP contribution in [0.15, 0.2) is 18.5 Å². The van der Waals surface area contributed by atoms with Crippen LogP contribution in [0.5, 0.6) is 0 Å². The summed E-state index contributed by atoms with van der Waals surface area (Å²) >= 11 is 0. The highest BCUT2D eigenvalue weighted by Gasteiger charge is 2.17. The van der Waals surface area contributed by atoms with Gasteiger partial charge in [0.05, 0.1) is 18.4 Å². The molecule has 1 aromatic heterocycles. The number of alkyl carbamates (subject to hydrolysis) is 1. The number of rotatable bonds is 4. The molecule has 1 rings (SSSR count). The van der Waals surface area contributed by atoms with Gasteiger partial charge in [0.15, 0.2) is 5.78 Å². The third kappa shape index (κ3) is 5.26. The topological polar surface area (TPSA) is 71.5 Å². The van der Waals surface area contributed by atoms with Crippen molar-refractivity contribution in [1.82, 2.24) is 10.3 Å². The van der Waals surface area contributed by atoms with Crippen LogP contribution < -0.4 is 10.2 Å². The minimum atomic E-state index is -0.609. The van der Waals surface area contributed by atoms with Crippen LogP contribution in [0.4, 0.5) is 10.5 Å². The molecule has 0 radical (unpaired) electrons. The molecule has 6 nitrogen and oxygen atoms in total. The number of hydrogen-bond donors (Lipinski definition) is 1. The molecular weight excluding hydrogens is 258 g/mol. The number of nitrogens with one attached hydrogen (secondary N) is 1. The molecule has 0 aliphatic rings. The van der Waals surface area contributed by atoms with E-state index in [0.717, 1.165) is 5.69 Å². The van der Waals surface area contributed by atoms with E-state index < -0.39 is 11.7 Å². The highest BCUT2D eigenvalue weighted by Crippen LogP contribution is 2.11. The molecule has 0 saturated heterocycles. The zero-order valence-corrected chi connectivity index (χ0v) is 12.6. The van der Waals surface area contributed by atoms with Crippen molar-refractivity contribution in [3.63, 3.8) is 0 Å². The monoisotopic (exact) mass is 279 g/mol. The van der Waals surface area contributed by atoms with Gasteiger partial charge in [-0.1, -0.05) is 0 Å². The minimum absolute atomic E-state index is 0.118. The van der Waals surface area contributed by atoms with E-state index in [9.17, 15) is 9.59 Å². The van der Waals surface area contributed by atoms with Crippen molar-refractivity contribution in [2.24, 2.45) is 0 Å². The summed E-state index contributed by atoms with van der Waals surface area (Å²) < 4.78 is 5.06. The van der Waals surface area contributed by atoms with E-state index in [1.165, 1.54) is 6.20 Å². The SMILES string of the molecule is CN(C)c1cncc(C(=O)CNC(=O)OC(C)(C)C)c1. The van der Waals surface area contributed by atoms with E-state index in [0.29, 0.717) is 5.56 Å². The average Bonchev–Trinajstić information content (AvgIpc) is 2.34. The first-order chi connectivity index (χ1) is 9.19. The zero-order chi connectivity index (χ0) is 15.3. The Kier molecular flexibility index (Phi) is 5.07. The van der Waals surface area contributed by atoms with Crippen LogP contribution in [0.2, 0.25) is 0 Å². The number of anilines is 1. The highest BCUT2D eigenvalue weighted by molar-refractivity contribution is 5.99. The Balaban J connectivity index is 2.59. The van der Waals surface area contributed by atoms with E-state index in [4.69, 9.17) is 4.74 Å². The zero-order valence-electron chi connectivity index (χ0n) is 12.6. The van der Waals surface area contributed by atoms with Crippen molar-refractivity contribution in [2.75, 3.05) is 25.5 Å². The second-order valence-corrected chi connectivity index (χ2v) is 5.60. The molecule has 0 fully saturated rings. The van der Waals surface area contributed by atoms with Crippen molar-refractivity contribution >= 4 is 17.6 Å². The lowest BCUT2D eigenvalue weighted by atomic mass is 10.2. The van der Waals surface area contributed by atoms with Gasteiger partial charge in [0.2, 0.25) is 0 Å². The number of Topliss-reactive ketones (excluding diaryl/α,β-unsaturated/α-hetero) is 1. The number of aromatic nitrogens is 1. The normalized spacial score (nSPS) is 10.8. The second kappa shape index (κ2) is 6.36. The predicted octanol–water partition coefficient (Wildman–Crippen LogP) is 1.85. The average molecular weight is 279 g/mol. The van der Waals surface area contributed by atoms with E-state index >= 15 is 0 Å². The molecular formula is C14H21N3O3. The number of ketones is 1. The smallest absolute Gasteiger partial charge is 0.408 e. The minimum Gasteiger partial charge on any atom is -0.444 e. The van der Waals surface area contributed by atoms with Gasteiger partial charge in [-0.3, -0.25) is 9.78 Å². The Hall–Kier alpha value is -2.11. The Morgan fingerprint density at radius 2 is 1.95 bits per heavy atom. The lowest BCUT2D eigenvalue weighted by Gasteiger charge is -2.19. The number of ether oxygens (including phenoxy) is 1. The number of carbonyl (C=O) groups excluding carboxylic acids is 2. The van der Waals surface area contributed by atoms with Gasteiger partial charge in [-0.05, 0) is 26.8 Å². The number of nitrogens with zero attached hydrogens (tertiary/aromatic N) is 2. The Morgan fingerprint density at radius 3 is 2.50 bits per heavy atom. The molecule has 110 valence electrons. The van der Waals surface area contributed by atoms with Crippen LogP contribution >= 0.6 is 0 Å². The molecule has 0 saturated carbocycles. The first-order valence-electron chi connectivity index (χ1n) is 6.31. The van der Waals surface area contributed by atoms with Crippen molar-refractivity contribution < 1.29 is 14.3 Å². The summed E-state index contributed by atoms with van der Waals surface area (Å²) in [5.74, 6) is -0.216. The van der Waals surface area contributed by atoms with Gasteiger partial charge in [0.1, 0.15) is 5.60 Å². The van der Waals surface area contributed by atoms with Crippen LogP contribution in [-0.4, -0.2) is 43.1 Å². The number of amides is 1. The molecule has 1 N–H and O–H groups in total. The van der Waals surface area contributed by atoms with Crippen molar-refractivity contribution in [1.29, 1.82) is 0 Å². The maximum atomic E-state index is 12.0. The van der Waals surface area contributed by atoms with E-state index in [1.54, 1.807) is 33.0 Å². The molecule has 0 bridgehead atoms. The van der Waals surface area contributed by atoms with Gasteiger partial charge in [0, 0.05) is 25.9 Å². The number of hydrogen-bond acceptors (Lipinski definition) is 5. The summed E-state index contributed by atoms with van der Waals surface area (Å²) in [5, 5.41) is 2.43. The summed E-state index contributed by atoms with van der Waals surface area (Å²) in [6.45, 7) is 5.17. The Labute approximate surface area is 119 Å². The first-order valence-corrected chi connectivity index (χ1v) is 6.31. The number of carbonyl (C=O) groups is 2. The van der Waals surface area contributed by atoms with Gasteiger partial charge >= 0.3 is 6.09 Å². The van der Waals surface area contributed by atoms with Gasteiger partial charge in [-0.25, -0.2) is 4.79 Å². The molecule has 0 atom stereocenters. The third-order valence-corrected chi connectivity index (χ3v) is 2.35.